The molecule has 0 spiro atoms. The molecule has 20 heavy (non-hydrogen) atoms. The minimum atomic E-state index is -0.247. The van der Waals surface area contributed by atoms with Crippen LogP contribution < -0.4 is 11.1 Å². The van der Waals surface area contributed by atoms with Crippen molar-refractivity contribution in [2.24, 2.45) is 27.6 Å². The number of rotatable bonds is 8. The molecular weight excluding hydrogens is 250 g/mol. The van der Waals surface area contributed by atoms with Gasteiger partial charge in [0.25, 0.3) is 0 Å². The number of hydrogen-bond donors (Lipinski definition) is 3. The molecule has 1 aliphatic rings. The summed E-state index contributed by atoms with van der Waals surface area (Å²) < 4.78 is 0. The molecule has 0 heterocycles. The third-order valence-electron chi connectivity index (χ3n) is 4.73. The first kappa shape index (κ1) is 17.3. The molecule has 0 unspecified atom stereocenters. The van der Waals surface area contributed by atoms with Gasteiger partial charge < -0.3 is 16.3 Å². The molecule has 0 aliphatic heterocycles. The van der Waals surface area contributed by atoms with Crippen molar-refractivity contribution in [3.63, 3.8) is 0 Å². The van der Waals surface area contributed by atoms with E-state index in [0.717, 1.165) is 25.4 Å². The minimum absolute atomic E-state index is 0.247. The Kier molecular flexibility index (Phi) is 6.31. The normalized spacial score (nSPS) is 19.8. The summed E-state index contributed by atoms with van der Waals surface area (Å²) in [6.45, 7) is 10.7. The Labute approximate surface area is 124 Å². The summed E-state index contributed by atoms with van der Waals surface area (Å²) >= 11 is 0. The number of nitrogens with zero attached hydrogens (tertiary/aromatic N) is 1. The van der Waals surface area contributed by atoms with E-state index in [2.05, 4.69) is 24.3 Å². The lowest BCUT2D eigenvalue weighted by Crippen LogP contribution is -2.38. The second-order valence-electron chi connectivity index (χ2n) is 7.60. The van der Waals surface area contributed by atoms with Gasteiger partial charge in [0.1, 0.15) is 5.84 Å². The first-order chi connectivity index (χ1) is 9.31. The predicted octanol–water partition coefficient (Wildman–Crippen LogP) is 3.35. The molecule has 0 atom stereocenters. The maximum Gasteiger partial charge on any atom is 0.144 e. The highest BCUT2D eigenvalue weighted by Crippen LogP contribution is 2.42. The highest BCUT2D eigenvalue weighted by Gasteiger charge is 2.34. The fourth-order valence-electron chi connectivity index (χ4n) is 3.46. The molecule has 0 saturated heterocycles. The van der Waals surface area contributed by atoms with E-state index in [9.17, 15) is 0 Å². The van der Waals surface area contributed by atoms with E-state index >= 15 is 0 Å². The first-order valence-corrected chi connectivity index (χ1v) is 8.00. The Hall–Kier alpha value is -0.770. The van der Waals surface area contributed by atoms with Crippen LogP contribution in [0.5, 0.6) is 0 Å². The molecule has 4 N–H and O–H groups in total. The second-order valence-corrected chi connectivity index (χ2v) is 7.60. The SMILES string of the molecule is CC(C)CC1(CNCCC(C)(C)C(N)=NO)CCCC1. The molecule has 0 radical (unpaired) electrons. The Morgan fingerprint density at radius 3 is 2.45 bits per heavy atom. The zero-order valence-corrected chi connectivity index (χ0v) is 13.7. The quantitative estimate of drug-likeness (QED) is 0.210. The number of amidine groups is 1. The van der Waals surface area contributed by atoms with Crippen molar-refractivity contribution in [3.05, 3.63) is 0 Å². The fourth-order valence-corrected chi connectivity index (χ4v) is 3.46. The Morgan fingerprint density at radius 2 is 1.95 bits per heavy atom. The summed E-state index contributed by atoms with van der Waals surface area (Å²) in [7, 11) is 0. The van der Waals surface area contributed by atoms with E-state index in [-0.39, 0.29) is 5.41 Å². The third-order valence-corrected chi connectivity index (χ3v) is 4.73. The average Bonchev–Trinajstić information content (AvgIpc) is 2.81. The van der Waals surface area contributed by atoms with E-state index in [1.165, 1.54) is 32.1 Å². The van der Waals surface area contributed by atoms with E-state index in [4.69, 9.17) is 10.9 Å². The van der Waals surface area contributed by atoms with E-state index < -0.39 is 0 Å². The van der Waals surface area contributed by atoms with Crippen LogP contribution in [0, 0.1) is 16.7 Å². The monoisotopic (exact) mass is 283 g/mol. The third kappa shape index (κ3) is 4.97. The molecule has 0 aromatic carbocycles. The number of oxime groups is 1. The van der Waals surface area contributed by atoms with Crippen molar-refractivity contribution in [3.8, 4) is 0 Å². The van der Waals surface area contributed by atoms with Gasteiger partial charge in [-0.1, -0.05) is 45.7 Å². The maximum absolute atomic E-state index is 8.78. The van der Waals surface area contributed by atoms with Gasteiger partial charge in [-0.25, -0.2) is 0 Å². The van der Waals surface area contributed by atoms with Crippen LogP contribution in [-0.2, 0) is 0 Å². The van der Waals surface area contributed by atoms with Crippen molar-refractivity contribution in [1.82, 2.24) is 5.32 Å². The van der Waals surface area contributed by atoms with Crippen LogP contribution in [0.1, 0.15) is 66.2 Å². The lowest BCUT2D eigenvalue weighted by molar-refractivity contribution is 0.221. The summed E-state index contributed by atoms with van der Waals surface area (Å²) in [6, 6.07) is 0. The number of nitrogens with two attached hydrogens (primary N) is 1. The van der Waals surface area contributed by atoms with Crippen LogP contribution in [0.25, 0.3) is 0 Å². The highest BCUT2D eigenvalue weighted by molar-refractivity contribution is 5.85. The smallest absolute Gasteiger partial charge is 0.144 e. The van der Waals surface area contributed by atoms with E-state index in [0.29, 0.717) is 11.3 Å². The van der Waals surface area contributed by atoms with Gasteiger partial charge in [-0.05, 0) is 43.6 Å². The standard InChI is InChI=1S/C16H33N3O/c1-13(2)11-16(7-5-6-8-16)12-18-10-9-15(3,4)14(17)19-20/h13,18,20H,5-12H2,1-4H3,(H2,17,19). The topological polar surface area (TPSA) is 70.6 Å². The average molecular weight is 283 g/mol. The van der Waals surface area contributed by atoms with Gasteiger partial charge in [0.2, 0.25) is 0 Å². The van der Waals surface area contributed by atoms with Gasteiger partial charge in [0.15, 0.2) is 0 Å². The van der Waals surface area contributed by atoms with Crippen molar-refractivity contribution < 1.29 is 5.21 Å². The van der Waals surface area contributed by atoms with Crippen LogP contribution in [0.15, 0.2) is 5.16 Å². The van der Waals surface area contributed by atoms with Gasteiger partial charge >= 0.3 is 0 Å². The lowest BCUT2D eigenvalue weighted by Gasteiger charge is -2.32. The first-order valence-electron chi connectivity index (χ1n) is 8.00. The summed E-state index contributed by atoms with van der Waals surface area (Å²) in [5.74, 6) is 1.08. The van der Waals surface area contributed by atoms with Gasteiger partial charge in [-0.2, -0.15) is 0 Å². The van der Waals surface area contributed by atoms with Crippen LogP contribution in [0.2, 0.25) is 0 Å². The zero-order chi connectivity index (χ0) is 15.2. The van der Waals surface area contributed by atoms with Crippen LogP contribution in [-0.4, -0.2) is 24.1 Å². The molecule has 1 saturated carbocycles. The second kappa shape index (κ2) is 7.30. The summed E-state index contributed by atoms with van der Waals surface area (Å²) in [6.07, 6.45) is 7.70. The molecule has 1 fully saturated rings. The molecule has 118 valence electrons. The van der Waals surface area contributed by atoms with Gasteiger partial charge in [-0.3, -0.25) is 0 Å². The van der Waals surface area contributed by atoms with Crippen molar-refractivity contribution in [1.29, 1.82) is 0 Å². The van der Waals surface area contributed by atoms with Gasteiger partial charge in [-0.15, -0.1) is 0 Å². The maximum atomic E-state index is 8.78. The summed E-state index contributed by atoms with van der Waals surface area (Å²) in [5.41, 5.74) is 5.98. The van der Waals surface area contributed by atoms with Crippen molar-refractivity contribution in [2.45, 2.75) is 66.2 Å². The largest absolute Gasteiger partial charge is 0.409 e. The number of hydrogen-bond acceptors (Lipinski definition) is 3. The fraction of sp³-hybridized carbons (Fsp3) is 0.938. The lowest BCUT2D eigenvalue weighted by atomic mass is 9.78. The van der Waals surface area contributed by atoms with Crippen molar-refractivity contribution >= 4 is 5.84 Å². The molecule has 0 aromatic heterocycles. The van der Waals surface area contributed by atoms with Crippen LogP contribution in [0.4, 0.5) is 0 Å². The Morgan fingerprint density at radius 1 is 1.35 bits per heavy atom. The molecule has 1 rings (SSSR count). The molecule has 0 amide bonds. The Bertz CT molecular complexity index is 318. The zero-order valence-electron chi connectivity index (χ0n) is 13.7. The predicted molar refractivity (Wildman–Crippen MR) is 85.0 cm³/mol. The number of nitrogens with one attached hydrogen (secondary N) is 1. The van der Waals surface area contributed by atoms with Crippen LogP contribution in [0.3, 0.4) is 0 Å². The highest BCUT2D eigenvalue weighted by atomic mass is 16.4. The molecule has 4 nitrogen and oxygen atoms in total. The van der Waals surface area contributed by atoms with Gasteiger partial charge in [0.05, 0.1) is 0 Å². The summed E-state index contributed by atoms with van der Waals surface area (Å²) in [4.78, 5) is 0. The molecule has 1 aliphatic carbocycles. The molecule has 0 bridgehead atoms. The Balaban J connectivity index is 2.38. The molecular formula is C16H33N3O. The van der Waals surface area contributed by atoms with Crippen molar-refractivity contribution in [2.75, 3.05) is 13.1 Å². The minimum Gasteiger partial charge on any atom is -0.409 e. The van der Waals surface area contributed by atoms with E-state index in [1.54, 1.807) is 0 Å². The molecule has 0 aromatic rings. The van der Waals surface area contributed by atoms with E-state index in [1.807, 2.05) is 13.8 Å². The molecule has 4 heteroatoms. The summed E-state index contributed by atoms with van der Waals surface area (Å²) in [5, 5.41) is 15.5. The van der Waals surface area contributed by atoms with Gasteiger partial charge in [0, 0.05) is 12.0 Å². The van der Waals surface area contributed by atoms with Crippen LogP contribution >= 0.6 is 0 Å².